The molecule has 15 heavy (non-hydrogen) atoms. The van der Waals surface area contributed by atoms with E-state index >= 15 is 0 Å². The van der Waals surface area contributed by atoms with Gasteiger partial charge in [0.1, 0.15) is 0 Å². The Morgan fingerprint density at radius 3 is 2.07 bits per heavy atom. The van der Waals surface area contributed by atoms with E-state index in [0.29, 0.717) is 32.2 Å². The molecule has 0 aromatic heterocycles. The van der Waals surface area contributed by atoms with Crippen LogP contribution in [0.2, 0.25) is 0 Å². The predicted molar refractivity (Wildman–Crippen MR) is 60.1 cm³/mol. The zero-order valence-electron chi connectivity index (χ0n) is 8.86. The summed E-state index contributed by atoms with van der Waals surface area (Å²) in [5.41, 5.74) is 4.91. The summed E-state index contributed by atoms with van der Waals surface area (Å²) in [5, 5.41) is 0. The Morgan fingerprint density at radius 2 is 1.73 bits per heavy atom. The van der Waals surface area contributed by atoms with Gasteiger partial charge in [-0.05, 0) is 12.8 Å². The van der Waals surface area contributed by atoms with Crippen molar-refractivity contribution in [2.24, 2.45) is 5.73 Å². The van der Waals surface area contributed by atoms with E-state index in [2.05, 4.69) is 6.58 Å². The van der Waals surface area contributed by atoms with Crippen molar-refractivity contribution in [2.45, 2.75) is 25.7 Å². The molecule has 0 saturated heterocycles. The molecule has 0 spiro atoms. The fraction of sp³-hybridized carbons (Fsp3) is 0.778. The fourth-order valence-electron chi connectivity index (χ4n) is 0.733. The maximum atomic E-state index is 11.5. The average Bonchev–Trinajstić information content (AvgIpc) is 2.16. The maximum Gasteiger partial charge on any atom is 0.264 e. The highest BCUT2D eigenvalue weighted by atomic mass is 32.2. The van der Waals surface area contributed by atoms with Crippen molar-refractivity contribution in [1.82, 2.24) is 0 Å². The first-order valence-electron chi connectivity index (χ1n) is 4.80. The normalized spacial score (nSPS) is 10.3. The van der Waals surface area contributed by atoms with Gasteiger partial charge in [-0.2, -0.15) is 8.42 Å². The van der Waals surface area contributed by atoms with Crippen LogP contribution < -0.4 is 5.73 Å². The van der Waals surface area contributed by atoms with Crippen LogP contribution in [0.4, 0.5) is 4.39 Å². The topological polar surface area (TPSA) is 80.4 Å². The molecule has 0 atom stereocenters. The molecule has 0 aliphatic rings. The highest BCUT2D eigenvalue weighted by Gasteiger charge is 2.02. The molecular weight excluding hydrogens is 221 g/mol. The van der Waals surface area contributed by atoms with Gasteiger partial charge in [-0.3, -0.25) is 8.94 Å². The molecule has 0 unspecified atom stereocenters. The first kappa shape index (κ1) is 17.0. The van der Waals surface area contributed by atoms with Gasteiger partial charge in [0.2, 0.25) is 0 Å². The third-order valence-corrected chi connectivity index (χ3v) is 2.26. The average molecular weight is 241 g/mol. The third kappa shape index (κ3) is 24.7. The third-order valence-electron chi connectivity index (χ3n) is 1.45. The van der Waals surface area contributed by atoms with Crippen molar-refractivity contribution in [2.75, 3.05) is 19.0 Å². The molecule has 4 nitrogen and oxygen atoms in total. The predicted octanol–water partition coefficient (Wildman–Crippen LogP) is 1.54. The molecule has 3 N–H and O–H groups in total. The second-order valence-corrected chi connectivity index (χ2v) is 4.49. The number of alkyl halides is 1. The minimum Gasteiger partial charge on any atom is -0.327 e. The molecule has 92 valence electrons. The molecule has 0 saturated carbocycles. The lowest BCUT2D eigenvalue weighted by atomic mass is 10.2. The fourth-order valence-corrected chi connectivity index (χ4v) is 1.30. The lowest BCUT2D eigenvalue weighted by Gasteiger charge is -1.96. The van der Waals surface area contributed by atoms with E-state index in [9.17, 15) is 12.8 Å². The standard InChI is InChI=1S/C6H13FO3S.C3H7N/c7-5-3-1-2-4-6-11(8,9)10;1-2-3-4/h1-6H2,(H,8,9,10);2H,1,3-4H2. The number of halogens is 1. The molecule has 0 heterocycles. The van der Waals surface area contributed by atoms with E-state index in [-0.39, 0.29) is 12.4 Å². The van der Waals surface area contributed by atoms with E-state index < -0.39 is 10.1 Å². The summed E-state index contributed by atoms with van der Waals surface area (Å²) in [6.45, 7) is 3.58. The van der Waals surface area contributed by atoms with Gasteiger partial charge in [-0.1, -0.05) is 18.9 Å². The summed E-state index contributed by atoms with van der Waals surface area (Å²) in [6.07, 6.45) is 3.89. The Hall–Kier alpha value is -0.460. The van der Waals surface area contributed by atoms with Crippen molar-refractivity contribution in [3.8, 4) is 0 Å². The van der Waals surface area contributed by atoms with Crippen LogP contribution >= 0.6 is 0 Å². The Labute approximate surface area is 91.1 Å². The van der Waals surface area contributed by atoms with Crippen LogP contribution in [0, 0.1) is 0 Å². The van der Waals surface area contributed by atoms with Crippen LogP contribution in [0.15, 0.2) is 12.7 Å². The van der Waals surface area contributed by atoms with Crippen LogP contribution in [0.5, 0.6) is 0 Å². The molecule has 0 aliphatic heterocycles. The number of unbranched alkanes of at least 4 members (excludes halogenated alkanes) is 3. The van der Waals surface area contributed by atoms with E-state index in [4.69, 9.17) is 10.3 Å². The summed E-state index contributed by atoms with van der Waals surface area (Å²) in [4.78, 5) is 0. The SMILES string of the molecule is C=CCN.O=S(=O)(O)CCCCCCF. The monoisotopic (exact) mass is 241 g/mol. The van der Waals surface area contributed by atoms with E-state index in [1.54, 1.807) is 6.08 Å². The van der Waals surface area contributed by atoms with Crippen LogP contribution in [0.3, 0.4) is 0 Å². The molecule has 0 radical (unpaired) electrons. The van der Waals surface area contributed by atoms with Gasteiger partial charge in [-0.25, -0.2) is 0 Å². The van der Waals surface area contributed by atoms with Crippen molar-refractivity contribution in [3.05, 3.63) is 12.7 Å². The number of hydrogen-bond acceptors (Lipinski definition) is 3. The molecule has 0 bridgehead atoms. The molecule has 6 heteroatoms. The largest absolute Gasteiger partial charge is 0.327 e. The summed E-state index contributed by atoms with van der Waals surface area (Å²) in [7, 11) is -3.81. The summed E-state index contributed by atoms with van der Waals surface area (Å²) in [5.74, 6) is -0.209. The van der Waals surface area contributed by atoms with Crippen molar-refractivity contribution >= 4 is 10.1 Å². The second-order valence-electron chi connectivity index (χ2n) is 2.91. The van der Waals surface area contributed by atoms with E-state index in [1.165, 1.54) is 0 Å². The minimum atomic E-state index is -3.81. The van der Waals surface area contributed by atoms with Crippen LogP contribution in [0.25, 0.3) is 0 Å². The van der Waals surface area contributed by atoms with Gasteiger partial charge >= 0.3 is 0 Å². The first-order valence-corrected chi connectivity index (χ1v) is 6.41. The molecule has 0 fully saturated rings. The highest BCUT2D eigenvalue weighted by molar-refractivity contribution is 7.85. The van der Waals surface area contributed by atoms with Crippen LogP contribution in [0.1, 0.15) is 25.7 Å². The Kier molecular flexibility index (Phi) is 13.1. The van der Waals surface area contributed by atoms with Crippen molar-refractivity contribution in [1.29, 1.82) is 0 Å². The molecule has 0 aromatic carbocycles. The van der Waals surface area contributed by atoms with Gasteiger partial charge < -0.3 is 5.73 Å². The van der Waals surface area contributed by atoms with Crippen molar-refractivity contribution in [3.63, 3.8) is 0 Å². The molecule has 0 aromatic rings. The quantitative estimate of drug-likeness (QED) is 0.402. The number of nitrogens with two attached hydrogens (primary N) is 1. The van der Waals surface area contributed by atoms with Gasteiger partial charge in [0.15, 0.2) is 0 Å². The first-order chi connectivity index (χ1) is 6.97. The van der Waals surface area contributed by atoms with Crippen LogP contribution in [-0.2, 0) is 10.1 Å². The van der Waals surface area contributed by atoms with Gasteiger partial charge in [0.25, 0.3) is 10.1 Å². The molecule has 0 amide bonds. The smallest absolute Gasteiger partial charge is 0.264 e. The molecular formula is C9H20FNO3S. The highest BCUT2D eigenvalue weighted by Crippen LogP contribution is 2.01. The van der Waals surface area contributed by atoms with Crippen LogP contribution in [-0.4, -0.2) is 31.9 Å². The van der Waals surface area contributed by atoms with E-state index in [1.807, 2.05) is 0 Å². The summed E-state index contributed by atoms with van der Waals surface area (Å²) >= 11 is 0. The Balaban J connectivity index is 0. The minimum absolute atomic E-state index is 0.209. The molecule has 0 rings (SSSR count). The second kappa shape index (κ2) is 11.6. The van der Waals surface area contributed by atoms with E-state index in [0.717, 1.165) is 0 Å². The van der Waals surface area contributed by atoms with Crippen molar-refractivity contribution < 1.29 is 17.4 Å². The Morgan fingerprint density at radius 1 is 1.27 bits per heavy atom. The molecule has 0 aliphatic carbocycles. The van der Waals surface area contributed by atoms with Gasteiger partial charge in [-0.15, -0.1) is 6.58 Å². The Bertz CT molecular complexity index is 230. The number of hydrogen-bond donors (Lipinski definition) is 2. The van der Waals surface area contributed by atoms with Gasteiger partial charge in [0.05, 0.1) is 12.4 Å². The zero-order valence-corrected chi connectivity index (χ0v) is 9.68. The number of rotatable bonds is 7. The summed E-state index contributed by atoms with van der Waals surface area (Å²) < 4.78 is 40.0. The maximum absolute atomic E-state index is 11.5. The lowest BCUT2D eigenvalue weighted by molar-refractivity contribution is 0.452. The zero-order chi connectivity index (χ0) is 12.2. The van der Waals surface area contributed by atoms with Gasteiger partial charge in [0, 0.05) is 6.54 Å². The lowest BCUT2D eigenvalue weighted by Crippen LogP contribution is -2.03. The summed E-state index contributed by atoms with van der Waals surface area (Å²) in [6, 6.07) is 0.